The molecule has 2 N–H and O–H groups in total. The van der Waals surface area contributed by atoms with Crippen molar-refractivity contribution < 1.29 is 19.1 Å². The van der Waals surface area contributed by atoms with Crippen LogP contribution in [0.25, 0.3) is 0 Å². The number of nitrogens with zero attached hydrogens (tertiary/aromatic N) is 1. The number of urea groups is 1. The Morgan fingerprint density at radius 1 is 1.20 bits per heavy atom. The van der Waals surface area contributed by atoms with Crippen LogP contribution in [-0.2, 0) is 20.7 Å². The highest BCUT2D eigenvalue weighted by atomic mass is 79.9. The standard InChI is InChI=1S/C17H18BrN3O4/c1-8-7-21-12-5-11(18)4-3-10(12)6-17(13(21)9(2)25-8)14(22)19-16(24)20-15(17)23/h3-5,8-9,13H,6-7H2,1-2H3,(H2,19,20,22,23,24)/t8-,9+,13-/m1/s1. The molecule has 0 aliphatic carbocycles. The Kier molecular flexibility index (Phi) is 3.66. The number of hydrogen-bond acceptors (Lipinski definition) is 5. The molecule has 1 aromatic rings. The first-order valence-electron chi connectivity index (χ1n) is 8.20. The third-order valence-corrected chi connectivity index (χ3v) is 5.77. The van der Waals surface area contributed by atoms with E-state index in [0.29, 0.717) is 6.54 Å². The van der Waals surface area contributed by atoms with Crippen molar-refractivity contribution >= 4 is 39.5 Å². The first-order valence-corrected chi connectivity index (χ1v) is 8.99. The molecule has 25 heavy (non-hydrogen) atoms. The number of carbonyl (C=O) groups excluding carboxylic acids is 3. The van der Waals surface area contributed by atoms with Gasteiger partial charge >= 0.3 is 6.03 Å². The Balaban J connectivity index is 1.92. The molecule has 2 saturated heterocycles. The summed E-state index contributed by atoms with van der Waals surface area (Å²) < 4.78 is 6.88. The van der Waals surface area contributed by atoms with Crippen LogP contribution < -0.4 is 15.5 Å². The molecule has 3 aliphatic rings. The zero-order chi connectivity index (χ0) is 17.9. The molecule has 2 fully saturated rings. The number of ether oxygens (including phenoxy) is 1. The van der Waals surface area contributed by atoms with Crippen molar-refractivity contribution in [1.29, 1.82) is 0 Å². The van der Waals surface area contributed by atoms with E-state index in [1.165, 1.54) is 0 Å². The van der Waals surface area contributed by atoms with Crippen molar-refractivity contribution in [3.8, 4) is 0 Å². The van der Waals surface area contributed by atoms with E-state index < -0.39 is 29.3 Å². The molecule has 7 nitrogen and oxygen atoms in total. The SMILES string of the molecule is C[C@@H]1CN2c3cc(Br)ccc3CC3(C(=O)NC(=O)NC3=O)[C@H]2[C@H](C)O1. The number of morpholine rings is 1. The van der Waals surface area contributed by atoms with Crippen LogP contribution in [0.1, 0.15) is 19.4 Å². The van der Waals surface area contributed by atoms with Gasteiger partial charge in [-0.05, 0) is 38.0 Å². The fraction of sp³-hybridized carbons (Fsp3) is 0.471. The summed E-state index contributed by atoms with van der Waals surface area (Å²) in [7, 11) is 0. The van der Waals surface area contributed by atoms with E-state index in [4.69, 9.17) is 4.74 Å². The van der Waals surface area contributed by atoms with Crippen LogP contribution in [0.3, 0.4) is 0 Å². The van der Waals surface area contributed by atoms with Crippen LogP contribution in [0, 0.1) is 5.41 Å². The average Bonchev–Trinajstić information content (AvgIpc) is 2.52. The number of halogens is 1. The molecule has 4 amide bonds. The molecule has 0 radical (unpaired) electrons. The maximum absolute atomic E-state index is 12.9. The lowest BCUT2D eigenvalue weighted by Crippen LogP contribution is -2.75. The number of benzene rings is 1. The van der Waals surface area contributed by atoms with Crippen LogP contribution >= 0.6 is 15.9 Å². The van der Waals surface area contributed by atoms with Crippen molar-refractivity contribution in [1.82, 2.24) is 10.6 Å². The Hall–Kier alpha value is -1.93. The molecule has 8 heteroatoms. The number of barbiturate groups is 1. The van der Waals surface area contributed by atoms with Crippen LogP contribution in [0.2, 0.25) is 0 Å². The number of carbonyl (C=O) groups is 3. The summed E-state index contributed by atoms with van der Waals surface area (Å²) in [6, 6.07) is 4.55. The van der Waals surface area contributed by atoms with E-state index in [-0.39, 0.29) is 18.6 Å². The average molecular weight is 408 g/mol. The van der Waals surface area contributed by atoms with E-state index in [2.05, 4.69) is 31.5 Å². The Labute approximate surface area is 153 Å². The fourth-order valence-corrected chi connectivity index (χ4v) is 4.74. The number of fused-ring (bicyclic) bond motifs is 4. The summed E-state index contributed by atoms with van der Waals surface area (Å²) in [6.07, 6.45) is -0.158. The van der Waals surface area contributed by atoms with Gasteiger partial charge in [0.15, 0.2) is 5.41 Å². The number of imide groups is 2. The molecule has 0 bridgehead atoms. The van der Waals surface area contributed by atoms with E-state index in [1.54, 1.807) is 0 Å². The summed E-state index contributed by atoms with van der Waals surface area (Å²) >= 11 is 3.50. The van der Waals surface area contributed by atoms with E-state index in [1.807, 2.05) is 32.0 Å². The van der Waals surface area contributed by atoms with Gasteiger partial charge in [0.2, 0.25) is 11.8 Å². The first-order chi connectivity index (χ1) is 11.8. The maximum Gasteiger partial charge on any atom is 0.328 e. The second-order valence-electron chi connectivity index (χ2n) is 6.91. The van der Waals surface area contributed by atoms with Gasteiger partial charge < -0.3 is 9.64 Å². The van der Waals surface area contributed by atoms with Gasteiger partial charge in [-0.2, -0.15) is 0 Å². The van der Waals surface area contributed by atoms with Crippen LogP contribution in [-0.4, -0.2) is 42.6 Å². The summed E-state index contributed by atoms with van der Waals surface area (Å²) in [6.45, 7) is 4.40. The third kappa shape index (κ3) is 2.31. The second kappa shape index (κ2) is 5.54. The van der Waals surface area contributed by atoms with Gasteiger partial charge in [-0.15, -0.1) is 0 Å². The fourth-order valence-electron chi connectivity index (χ4n) is 4.39. The van der Waals surface area contributed by atoms with Crippen LogP contribution in [0.4, 0.5) is 10.5 Å². The zero-order valence-corrected chi connectivity index (χ0v) is 15.4. The zero-order valence-electron chi connectivity index (χ0n) is 13.8. The lowest BCUT2D eigenvalue weighted by Gasteiger charge is -2.55. The molecule has 0 unspecified atom stereocenters. The lowest BCUT2D eigenvalue weighted by atomic mass is 9.66. The lowest BCUT2D eigenvalue weighted by molar-refractivity contribution is -0.153. The second-order valence-corrected chi connectivity index (χ2v) is 7.82. The topological polar surface area (TPSA) is 87.7 Å². The molecule has 1 spiro atoms. The van der Waals surface area contributed by atoms with E-state index >= 15 is 0 Å². The maximum atomic E-state index is 12.9. The molecule has 3 atom stereocenters. The van der Waals surface area contributed by atoms with Crippen LogP contribution in [0.15, 0.2) is 22.7 Å². The van der Waals surface area contributed by atoms with Gasteiger partial charge in [-0.25, -0.2) is 4.79 Å². The Bertz CT molecular complexity index is 776. The smallest absolute Gasteiger partial charge is 0.328 e. The van der Waals surface area contributed by atoms with Crippen molar-refractivity contribution in [3.63, 3.8) is 0 Å². The molecule has 1 aromatic carbocycles. The normalized spacial score (nSPS) is 30.4. The highest BCUT2D eigenvalue weighted by Gasteiger charge is 2.62. The van der Waals surface area contributed by atoms with Gasteiger partial charge in [-0.1, -0.05) is 22.0 Å². The van der Waals surface area contributed by atoms with Gasteiger partial charge in [0, 0.05) is 16.7 Å². The number of nitrogens with one attached hydrogen (secondary N) is 2. The minimum atomic E-state index is -1.39. The first kappa shape index (κ1) is 16.5. The predicted octanol–water partition coefficient (Wildman–Crippen LogP) is 1.34. The highest BCUT2D eigenvalue weighted by Crippen LogP contribution is 2.47. The monoisotopic (exact) mass is 407 g/mol. The minimum absolute atomic E-state index is 0.0374. The molecule has 3 aliphatic heterocycles. The van der Waals surface area contributed by atoms with Crippen molar-refractivity contribution in [3.05, 3.63) is 28.2 Å². The molecule has 0 aromatic heterocycles. The van der Waals surface area contributed by atoms with Crippen LogP contribution in [0.5, 0.6) is 0 Å². The number of rotatable bonds is 0. The molecular weight excluding hydrogens is 390 g/mol. The number of anilines is 1. The number of hydrogen-bond donors (Lipinski definition) is 2. The summed E-state index contributed by atoms with van der Waals surface area (Å²) in [4.78, 5) is 39.4. The Morgan fingerprint density at radius 3 is 2.56 bits per heavy atom. The van der Waals surface area contributed by atoms with E-state index in [9.17, 15) is 14.4 Å². The summed E-state index contributed by atoms with van der Waals surface area (Å²) in [5.41, 5.74) is 0.499. The van der Waals surface area contributed by atoms with Gasteiger partial charge in [0.05, 0.1) is 18.2 Å². The largest absolute Gasteiger partial charge is 0.372 e. The quantitative estimate of drug-likeness (QED) is 0.633. The minimum Gasteiger partial charge on any atom is -0.372 e. The Morgan fingerprint density at radius 2 is 1.88 bits per heavy atom. The molecule has 3 heterocycles. The molecule has 132 valence electrons. The molecule has 0 saturated carbocycles. The number of amides is 4. The molecule has 4 rings (SSSR count). The van der Waals surface area contributed by atoms with Gasteiger partial charge in [0.1, 0.15) is 0 Å². The highest BCUT2D eigenvalue weighted by molar-refractivity contribution is 9.10. The predicted molar refractivity (Wildman–Crippen MR) is 93.1 cm³/mol. The van der Waals surface area contributed by atoms with Gasteiger partial charge in [0.25, 0.3) is 0 Å². The van der Waals surface area contributed by atoms with Crippen molar-refractivity contribution in [2.45, 2.75) is 38.5 Å². The molecular formula is C17H18BrN3O4. The van der Waals surface area contributed by atoms with Crippen molar-refractivity contribution in [2.24, 2.45) is 5.41 Å². The third-order valence-electron chi connectivity index (χ3n) is 5.28. The summed E-state index contributed by atoms with van der Waals surface area (Å²) in [5.74, 6) is -1.12. The van der Waals surface area contributed by atoms with Crippen molar-refractivity contribution in [2.75, 3.05) is 11.4 Å². The van der Waals surface area contributed by atoms with Gasteiger partial charge in [-0.3, -0.25) is 20.2 Å². The van der Waals surface area contributed by atoms with E-state index in [0.717, 1.165) is 15.7 Å². The summed E-state index contributed by atoms with van der Waals surface area (Å²) in [5, 5.41) is 4.55.